The van der Waals surface area contributed by atoms with Gasteiger partial charge in [-0.1, -0.05) is 0 Å². The molecule has 1 aliphatic carbocycles. The predicted molar refractivity (Wildman–Crippen MR) is 62.6 cm³/mol. The Labute approximate surface area is 97.2 Å². The lowest BCUT2D eigenvalue weighted by atomic mass is 9.89. The number of hydrogen-bond donors (Lipinski definition) is 1. The molecule has 0 bridgehead atoms. The third-order valence-electron chi connectivity index (χ3n) is 4.17. The molecule has 0 radical (unpaired) electrons. The summed E-state index contributed by atoms with van der Waals surface area (Å²) in [6, 6.07) is 0.970. The first-order valence-corrected chi connectivity index (χ1v) is 6.38. The van der Waals surface area contributed by atoms with E-state index >= 15 is 0 Å². The average Bonchev–Trinajstić information content (AvgIpc) is 2.81. The van der Waals surface area contributed by atoms with Gasteiger partial charge in [0.05, 0.1) is 0 Å². The molecular weight excluding hydrogens is 204 g/mol. The Balaban J connectivity index is 1.79. The van der Waals surface area contributed by atoms with Crippen LogP contribution in [0.25, 0.3) is 0 Å². The molecule has 1 N–H and O–H groups in total. The number of hydrogen-bond acceptors (Lipinski definition) is 2. The van der Waals surface area contributed by atoms with Crippen molar-refractivity contribution in [3.05, 3.63) is 0 Å². The van der Waals surface area contributed by atoms with Gasteiger partial charge in [0.15, 0.2) is 0 Å². The SMILES string of the molecule is CN(C(=O)O)[C@H]1CC[C@@H](N2CCCC2)CC1. The van der Waals surface area contributed by atoms with E-state index in [1.54, 1.807) is 7.05 Å². The van der Waals surface area contributed by atoms with Gasteiger partial charge in [-0.05, 0) is 51.6 Å². The van der Waals surface area contributed by atoms with Crippen LogP contribution in [0.15, 0.2) is 0 Å². The second-order valence-electron chi connectivity index (χ2n) is 5.10. The van der Waals surface area contributed by atoms with Crippen LogP contribution in [0.1, 0.15) is 38.5 Å². The highest BCUT2D eigenvalue weighted by molar-refractivity contribution is 5.64. The maximum absolute atomic E-state index is 10.9. The van der Waals surface area contributed by atoms with Crippen LogP contribution in [0, 0.1) is 0 Å². The summed E-state index contributed by atoms with van der Waals surface area (Å²) in [5.74, 6) is 0. The first kappa shape index (κ1) is 11.7. The summed E-state index contributed by atoms with van der Waals surface area (Å²) in [5, 5.41) is 8.93. The molecule has 4 heteroatoms. The van der Waals surface area contributed by atoms with Gasteiger partial charge in [0, 0.05) is 19.1 Å². The summed E-state index contributed by atoms with van der Waals surface area (Å²) in [5.41, 5.74) is 0. The van der Waals surface area contributed by atoms with E-state index in [0.717, 1.165) is 18.9 Å². The minimum absolute atomic E-state index is 0.247. The van der Waals surface area contributed by atoms with Crippen LogP contribution in [-0.2, 0) is 0 Å². The molecule has 0 aromatic carbocycles. The number of carbonyl (C=O) groups is 1. The van der Waals surface area contributed by atoms with Gasteiger partial charge >= 0.3 is 6.09 Å². The monoisotopic (exact) mass is 226 g/mol. The minimum Gasteiger partial charge on any atom is -0.465 e. The molecule has 0 atom stereocenters. The fourth-order valence-corrected chi connectivity index (χ4v) is 3.07. The van der Waals surface area contributed by atoms with E-state index in [-0.39, 0.29) is 6.04 Å². The van der Waals surface area contributed by atoms with Crippen LogP contribution in [0.3, 0.4) is 0 Å². The normalized spacial score (nSPS) is 31.6. The highest BCUT2D eigenvalue weighted by atomic mass is 16.4. The Morgan fingerprint density at radius 2 is 1.75 bits per heavy atom. The second-order valence-corrected chi connectivity index (χ2v) is 5.10. The molecule has 4 nitrogen and oxygen atoms in total. The molecule has 2 rings (SSSR count). The lowest BCUT2D eigenvalue weighted by Gasteiger charge is -2.37. The first-order chi connectivity index (χ1) is 7.68. The van der Waals surface area contributed by atoms with Gasteiger partial charge in [-0.25, -0.2) is 4.79 Å². The van der Waals surface area contributed by atoms with E-state index in [9.17, 15) is 4.79 Å². The summed E-state index contributed by atoms with van der Waals surface area (Å²) in [4.78, 5) is 14.9. The van der Waals surface area contributed by atoms with E-state index in [2.05, 4.69) is 4.90 Å². The molecule has 2 aliphatic rings. The fraction of sp³-hybridized carbons (Fsp3) is 0.917. The standard InChI is InChI=1S/C12H22N2O2/c1-13(12(15)16)10-4-6-11(7-5-10)14-8-2-3-9-14/h10-11H,2-9H2,1H3,(H,15,16)/t10-,11+. The molecule has 1 saturated heterocycles. The largest absolute Gasteiger partial charge is 0.465 e. The zero-order valence-corrected chi connectivity index (χ0v) is 10.1. The predicted octanol–water partition coefficient (Wildman–Crippen LogP) is 2.00. The summed E-state index contributed by atoms with van der Waals surface area (Å²) >= 11 is 0. The molecule has 0 spiro atoms. The van der Waals surface area contributed by atoms with Crippen LogP contribution >= 0.6 is 0 Å². The third-order valence-corrected chi connectivity index (χ3v) is 4.17. The summed E-state index contributed by atoms with van der Waals surface area (Å²) < 4.78 is 0. The highest BCUT2D eigenvalue weighted by Crippen LogP contribution is 2.28. The Morgan fingerprint density at radius 3 is 2.25 bits per heavy atom. The van der Waals surface area contributed by atoms with Gasteiger partial charge in [-0.2, -0.15) is 0 Å². The number of nitrogens with zero attached hydrogens (tertiary/aromatic N) is 2. The molecule has 92 valence electrons. The van der Waals surface area contributed by atoms with Gasteiger partial charge < -0.3 is 14.9 Å². The number of likely N-dealkylation sites (tertiary alicyclic amines) is 1. The van der Waals surface area contributed by atoms with Crippen molar-refractivity contribution in [2.45, 2.75) is 50.6 Å². The topological polar surface area (TPSA) is 43.8 Å². The Morgan fingerprint density at radius 1 is 1.19 bits per heavy atom. The van der Waals surface area contributed by atoms with Crippen LogP contribution in [-0.4, -0.2) is 53.2 Å². The van der Waals surface area contributed by atoms with Crippen molar-refractivity contribution < 1.29 is 9.90 Å². The molecule has 1 heterocycles. The average molecular weight is 226 g/mol. The van der Waals surface area contributed by atoms with Gasteiger partial charge in [0.2, 0.25) is 0 Å². The van der Waals surface area contributed by atoms with Gasteiger partial charge in [0.1, 0.15) is 0 Å². The van der Waals surface area contributed by atoms with Crippen molar-refractivity contribution in [3.8, 4) is 0 Å². The smallest absolute Gasteiger partial charge is 0.407 e. The summed E-state index contributed by atoms with van der Waals surface area (Å²) in [7, 11) is 1.70. The van der Waals surface area contributed by atoms with Gasteiger partial charge in [0.25, 0.3) is 0 Å². The molecule has 16 heavy (non-hydrogen) atoms. The van der Waals surface area contributed by atoms with E-state index in [0.29, 0.717) is 0 Å². The van der Waals surface area contributed by atoms with Crippen LogP contribution in [0.2, 0.25) is 0 Å². The molecule has 0 aromatic rings. The Hall–Kier alpha value is -0.770. The lowest BCUT2D eigenvalue weighted by Crippen LogP contribution is -2.43. The van der Waals surface area contributed by atoms with Gasteiger partial charge in [-0.3, -0.25) is 0 Å². The van der Waals surface area contributed by atoms with Crippen molar-refractivity contribution in [2.24, 2.45) is 0 Å². The molecule has 2 fully saturated rings. The van der Waals surface area contributed by atoms with Crippen molar-refractivity contribution in [3.63, 3.8) is 0 Å². The number of amides is 1. The van der Waals surface area contributed by atoms with Crippen LogP contribution < -0.4 is 0 Å². The fourth-order valence-electron chi connectivity index (χ4n) is 3.07. The Bertz CT molecular complexity index is 243. The van der Waals surface area contributed by atoms with Crippen molar-refractivity contribution in [1.29, 1.82) is 0 Å². The minimum atomic E-state index is -0.787. The number of carboxylic acid groups (broad SMARTS) is 1. The zero-order chi connectivity index (χ0) is 11.5. The quantitative estimate of drug-likeness (QED) is 0.783. The lowest BCUT2D eigenvalue weighted by molar-refractivity contribution is 0.104. The molecule has 1 saturated carbocycles. The molecule has 1 aliphatic heterocycles. The van der Waals surface area contributed by atoms with Crippen molar-refractivity contribution >= 4 is 6.09 Å². The maximum atomic E-state index is 10.9. The van der Waals surface area contributed by atoms with Crippen LogP contribution in [0.5, 0.6) is 0 Å². The molecule has 1 amide bonds. The summed E-state index contributed by atoms with van der Waals surface area (Å²) in [6.45, 7) is 2.51. The van der Waals surface area contributed by atoms with E-state index < -0.39 is 6.09 Å². The second kappa shape index (κ2) is 5.04. The molecule has 0 unspecified atom stereocenters. The number of rotatable bonds is 2. The van der Waals surface area contributed by atoms with E-state index in [4.69, 9.17) is 5.11 Å². The third kappa shape index (κ3) is 2.48. The summed E-state index contributed by atoms with van der Waals surface area (Å²) in [6.07, 6.45) is 6.30. The molecule has 0 aromatic heterocycles. The van der Waals surface area contributed by atoms with Crippen LogP contribution in [0.4, 0.5) is 4.79 Å². The van der Waals surface area contributed by atoms with Crippen molar-refractivity contribution in [1.82, 2.24) is 9.80 Å². The van der Waals surface area contributed by atoms with E-state index in [1.807, 2.05) is 0 Å². The first-order valence-electron chi connectivity index (χ1n) is 6.38. The highest BCUT2D eigenvalue weighted by Gasteiger charge is 2.30. The maximum Gasteiger partial charge on any atom is 0.407 e. The molecular formula is C12H22N2O2. The van der Waals surface area contributed by atoms with Gasteiger partial charge in [-0.15, -0.1) is 0 Å². The zero-order valence-electron chi connectivity index (χ0n) is 10.1. The van der Waals surface area contributed by atoms with E-state index in [1.165, 1.54) is 43.7 Å². The Kier molecular flexibility index (Phi) is 3.69. The van der Waals surface area contributed by atoms with Crippen molar-refractivity contribution in [2.75, 3.05) is 20.1 Å².